The van der Waals surface area contributed by atoms with E-state index < -0.39 is 12.2 Å². The van der Waals surface area contributed by atoms with Gasteiger partial charge in [0.1, 0.15) is 18.0 Å². The Morgan fingerprint density at radius 1 is 1.38 bits per heavy atom. The van der Waals surface area contributed by atoms with Gasteiger partial charge >= 0.3 is 0 Å². The first-order valence-corrected chi connectivity index (χ1v) is 9.29. The molecule has 5 nitrogen and oxygen atoms in total. The van der Waals surface area contributed by atoms with Crippen molar-refractivity contribution in [3.8, 4) is 11.8 Å². The second-order valence-electron chi connectivity index (χ2n) is 7.30. The molecule has 1 aromatic rings. The third kappa shape index (κ3) is 4.34. The van der Waals surface area contributed by atoms with E-state index in [1.54, 1.807) is 7.11 Å². The highest BCUT2D eigenvalue weighted by molar-refractivity contribution is 5.79. The highest BCUT2D eigenvalue weighted by Crippen LogP contribution is 2.31. The summed E-state index contributed by atoms with van der Waals surface area (Å²) in [6.45, 7) is 0.219. The first-order valence-electron chi connectivity index (χ1n) is 9.29. The van der Waals surface area contributed by atoms with Crippen LogP contribution in [0.2, 0.25) is 0 Å². The molecule has 0 unspecified atom stereocenters. The minimum absolute atomic E-state index is 0.0415. The quantitative estimate of drug-likeness (QED) is 0.847. The zero-order valence-corrected chi connectivity index (χ0v) is 15.2. The molecule has 2 fully saturated rings. The number of halogens is 1. The van der Waals surface area contributed by atoms with Crippen molar-refractivity contribution in [2.24, 2.45) is 5.92 Å². The highest BCUT2D eigenvalue weighted by atomic mass is 19.1. The van der Waals surface area contributed by atoms with Crippen LogP contribution in [0.15, 0.2) is 24.3 Å². The molecule has 1 aliphatic carbocycles. The van der Waals surface area contributed by atoms with Crippen molar-refractivity contribution in [2.75, 3.05) is 20.2 Å². The van der Waals surface area contributed by atoms with Crippen molar-refractivity contribution in [1.29, 1.82) is 5.26 Å². The van der Waals surface area contributed by atoms with Gasteiger partial charge in [0.15, 0.2) is 0 Å². The molecule has 0 spiro atoms. The molecule has 26 heavy (non-hydrogen) atoms. The molecular formula is C20H26FN3O2. The summed E-state index contributed by atoms with van der Waals surface area (Å²) in [6, 6.07) is 9.78. The lowest BCUT2D eigenvalue weighted by molar-refractivity contribution is -0.130. The third-order valence-corrected chi connectivity index (χ3v) is 5.50. The van der Waals surface area contributed by atoms with E-state index >= 15 is 0 Å². The Labute approximate surface area is 154 Å². The van der Waals surface area contributed by atoms with Gasteiger partial charge in [-0.15, -0.1) is 0 Å². The van der Waals surface area contributed by atoms with E-state index in [9.17, 15) is 9.18 Å². The predicted octanol–water partition coefficient (Wildman–Crippen LogP) is 2.46. The molecule has 1 saturated carbocycles. The topological polar surface area (TPSA) is 65.4 Å². The van der Waals surface area contributed by atoms with Crippen molar-refractivity contribution < 1.29 is 13.9 Å². The molecule has 6 heteroatoms. The average molecular weight is 359 g/mol. The zero-order valence-electron chi connectivity index (χ0n) is 15.2. The summed E-state index contributed by atoms with van der Waals surface area (Å²) >= 11 is 0. The van der Waals surface area contributed by atoms with Gasteiger partial charge in [0.2, 0.25) is 5.91 Å². The monoisotopic (exact) mass is 359 g/mol. The number of amides is 1. The van der Waals surface area contributed by atoms with Gasteiger partial charge in [-0.3, -0.25) is 4.79 Å². The van der Waals surface area contributed by atoms with Crippen LogP contribution in [0.25, 0.3) is 0 Å². The Hall–Kier alpha value is -2.13. The molecule has 140 valence electrons. The molecule has 3 rings (SSSR count). The molecule has 4 atom stereocenters. The number of nitriles is 1. The van der Waals surface area contributed by atoms with Crippen LogP contribution in [-0.2, 0) is 11.2 Å². The van der Waals surface area contributed by atoms with Crippen LogP contribution in [0.5, 0.6) is 5.75 Å². The molecule has 0 bridgehead atoms. The largest absolute Gasteiger partial charge is 0.496 e. The average Bonchev–Trinajstić information content (AvgIpc) is 3.26. The summed E-state index contributed by atoms with van der Waals surface area (Å²) in [5.74, 6) is 1.31. The first-order chi connectivity index (χ1) is 12.6. The summed E-state index contributed by atoms with van der Waals surface area (Å²) in [5.41, 5.74) is 1.22. The third-order valence-electron chi connectivity index (χ3n) is 5.50. The van der Waals surface area contributed by atoms with Crippen LogP contribution in [0.4, 0.5) is 4.39 Å². The van der Waals surface area contributed by atoms with Crippen molar-refractivity contribution >= 4 is 5.91 Å². The smallest absolute Gasteiger partial charge is 0.237 e. The maximum atomic E-state index is 13.5. The van der Waals surface area contributed by atoms with Crippen LogP contribution in [0, 0.1) is 17.2 Å². The molecule has 2 aliphatic rings. The van der Waals surface area contributed by atoms with Crippen molar-refractivity contribution in [3.05, 3.63) is 29.8 Å². The SMILES string of the molecule is COc1ccccc1C[C@H]1CC[C@@H](NCC(=O)N2C[C@@H](F)C[C@H]2C#N)C1. The van der Waals surface area contributed by atoms with E-state index in [2.05, 4.69) is 11.4 Å². The van der Waals surface area contributed by atoms with Crippen LogP contribution in [0.3, 0.4) is 0 Å². The van der Waals surface area contributed by atoms with Crippen molar-refractivity contribution in [2.45, 2.75) is 50.4 Å². The van der Waals surface area contributed by atoms with Gasteiger partial charge in [-0.2, -0.15) is 5.26 Å². The normalized spacial score (nSPS) is 28.1. The number of carbonyl (C=O) groups is 1. The van der Waals surface area contributed by atoms with E-state index in [4.69, 9.17) is 10.00 Å². The Bertz CT molecular complexity index is 675. The van der Waals surface area contributed by atoms with E-state index in [1.807, 2.05) is 24.3 Å². The van der Waals surface area contributed by atoms with Gasteiger partial charge in [0, 0.05) is 12.5 Å². The van der Waals surface area contributed by atoms with Gasteiger partial charge in [0.05, 0.1) is 26.3 Å². The maximum Gasteiger partial charge on any atom is 0.237 e. The van der Waals surface area contributed by atoms with Crippen LogP contribution in [-0.4, -0.2) is 49.3 Å². The molecule has 1 aliphatic heterocycles. The second kappa shape index (κ2) is 8.50. The summed E-state index contributed by atoms with van der Waals surface area (Å²) in [7, 11) is 1.69. The number of hydrogen-bond acceptors (Lipinski definition) is 4. The molecule has 1 amide bonds. The Balaban J connectivity index is 1.46. The summed E-state index contributed by atoms with van der Waals surface area (Å²) in [6.07, 6.45) is 3.18. The summed E-state index contributed by atoms with van der Waals surface area (Å²) in [4.78, 5) is 13.7. The van der Waals surface area contributed by atoms with E-state index in [0.717, 1.165) is 31.4 Å². The minimum Gasteiger partial charge on any atom is -0.496 e. The Kier molecular flexibility index (Phi) is 6.10. The number of nitrogens with zero attached hydrogens (tertiary/aromatic N) is 2. The fourth-order valence-electron chi connectivity index (χ4n) is 4.14. The molecule has 1 saturated heterocycles. The standard InChI is InChI=1S/C20H26FN3O2/c1-26-19-5-3-2-4-15(19)8-14-6-7-17(9-14)23-12-20(25)24-13-16(21)10-18(24)11-22/h2-5,14,16-18,23H,6-10,12-13H2,1H3/t14-,16+,17-,18+/m1/s1. The predicted molar refractivity (Wildman–Crippen MR) is 96.5 cm³/mol. The number of likely N-dealkylation sites (tertiary alicyclic amines) is 1. The number of benzene rings is 1. The van der Waals surface area contributed by atoms with Gasteiger partial charge < -0.3 is 15.0 Å². The second-order valence-corrected chi connectivity index (χ2v) is 7.30. The number of carbonyl (C=O) groups excluding carboxylic acids is 1. The zero-order chi connectivity index (χ0) is 18.5. The van der Waals surface area contributed by atoms with E-state index in [-0.39, 0.29) is 25.4 Å². The van der Waals surface area contributed by atoms with Gasteiger partial charge in [0.25, 0.3) is 0 Å². The van der Waals surface area contributed by atoms with Gasteiger partial charge in [-0.05, 0) is 43.2 Å². The fraction of sp³-hybridized carbons (Fsp3) is 0.600. The van der Waals surface area contributed by atoms with E-state index in [1.165, 1.54) is 10.5 Å². The summed E-state index contributed by atoms with van der Waals surface area (Å²) < 4.78 is 18.9. The number of methoxy groups -OCH3 is 1. The van der Waals surface area contributed by atoms with Gasteiger partial charge in [-0.1, -0.05) is 18.2 Å². The van der Waals surface area contributed by atoms with Gasteiger partial charge in [-0.25, -0.2) is 4.39 Å². The number of hydrogen-bond donors (Lipinski definition) is 1. The molecule has 0 radical (unpaired) electrons. The fourth-order valence-corrected chi connectivity index (χ4v) is 4.14. The van der Waals surface area contributed by atoms with Crippen LogP contribution >= 0.6 is 0 Å². The molecular weight excluding hydrogens is 333 g/mol. The first kappa shape index (κ1) is 18.7. The Morgan fingerprint density at radius 2 is 2.19 bits per heavy atom. The maximum absolute atomic E-state index is 13.5. The van der Waals surface area contributed by atoms with Crippen LogP contribution in [0.1, 0.15) is 31.2 Å². The molecule has 1 aromatic carbocycles. The molecule has 0 aromatic heterocycles. The molecule has 1 N–H and O–H groups in total. The minimum atomic E-state index is -1.08. The van der Waals surface area contributed by atoms with Crippen LogP contribution < -0.4 is 10.1 Å². The van der Waals surface area contributed by atoms with Crippen molar-refractivity contribution in [1.82, 2.24) is 10.2 Å². The van der Waals surface area contributed by atoms with E-state index in [0.29, 0.717) is 12.0 Å². The van der Waals surface area contributed by atoms with Crippen molar-refractivity contribution in [3.63, 3.8) is 0 Å². The molecule has 1 heterocycles. The number of ether oxygens (including phenoxy) is 1. The highest BCUT2D eigenvalue weighted by Gasteiger charge is 2.35. The number of alkyl halides is 1. The summed E-state index contributed by atoms with van der Waals surface area (Å²) in [5, 5.41) is 12.4. The lowest BCUT2D eigenvalue weighted by Gasteiger charge is -2.21. The Morgan fingerprint density at radius 3 is 2.96 bits per heavy atom. The number of nitrogens with one attached hydrogen (secondary N) is 1. The number of para-hydroxylation sites is 1. The number of rotatable bonds is 6. The lowest BCUT2D eigenvalue weighted by atomic mass is 9.97. The lowest BCUT2D eigenvalue weighted by Crippen LogP contribution is -2.43.